The molecule has 2 rings (SSSR count). The molecule has 0 saturated heterocycles. The first-order chi connectivity index (χ1) is 9.51. The number of imidazole rings is 1. The molecule has 0 bridgehead atoms. The van der Waals surface area contributed by atoms with Gasteiger partial charge in [0.05, 0.1) is 19.2 Å². The maximum absolute atomic E-state index is 10.6. The first-order valence-electron chi connectivity index (χ1n) is 6.42. The molecule has 5 nitrogen and oxygen atoms in total. The Bertz CT molecular complexity index is 632. The van der Waals surface area contributed by atoms with Crippen LogP contribution in [0.4, 0.5) is 0 Å². The van der Waals surface area contributed by atoms with Crippen molar-refractivity contribution in [1.29, 1.82) is 0 Å². The van der Waals surface area contributed by atoms with E-state index in [1.165, 1.54) is 0 Å². The van der Waals surface area contributed by atoms with Gasteiger partial charge in [-0.05, 0) is 37.6 Å². The topological polar surface area (TPSA) is 64.3 Å². The van der Waals surface area contributed by atoms with Crippen molar-refractivity contribution in [1.82, 2.24) is 9.55 Å². The lowest BCUT2D eigenvalue weighted by atomic mass is 10.1. The first kappa shape index (κ1) is 14.1. The van der Waals surface area contributed by atoms with Gasteiger partial charge in [0.1, 0.15) is 11.6 Å². The third-order valence-electron chi connectivity index (χ3n) is 3.23. The molecule has 5 heteroatoms. The summed E-state index contributed by atoms with van der Waals surface area (Å²) in [5, 5.41) is 8.74. The molecular weight excluding hydrogens is 256 g/mol. The van der Waals surface area contributed by atoms with Crippen molar-refractivity contribution < 1.29 is 14.6 Å². The van der Waals surface area contributed by atoms with Crippen molar-refractivity contribution in [3.05, 3.63) is 35.8 Å². The molecule has 1 aromatic heterocycles. The van der Waals surface area contributed by atoms with Crippen molar-refractivity contribution >= 4 is 5.97 Å². The van der Waals surface area contributed by atoms with Gasteiger partial charge in [0.15, 0.2) is 0 Å². The zero-order valence-corrected chi connectivity index (χ0v) is 11.9. The van der Waals surface area contributed by atoms with E-state index in [0.29, 0.717) is 6.54 Å². The van der Waals surface area contributed by atoms with Crippen LogP contribution in [-0.4, -0.2) is 27.7 Å². The van der Waals surface area contributed by atoms with E-state index in [9.17, 15) is 4.79 Å². The number of methoxy groups -OCH3 is 1. The number of nitrogens with zero attached hydrogens (tertiary/aromatic N) is 2. The van der Waals surface area contributed by atoms with Gasteiger partial charge < -0.3 is 14.4 Å². The Balaban J connectivity index is 2.27. The monoisotopic (exact) mass is 274 g/mol. The molecule has 20 heavy (non-hydrogen) atoms. The van der Waals surface area contributed by atoms with Gasteiger partial charge in [-0.25, -0.2) is 4.98 Å². The third kappa shape index (κ3) is 2.99. The minimum atomic E-state index is -0.806. The fraction of sp³-hybridized carbons (Fsp3) is 0.333. The van der Waals surface area contributed by atoms with E-state index in [1.807, 2.05) is 42.8 Å². The van der Waals surface area contributed by atoms with E-state index in [-0.39, 0.29) is 6.42 Å². The molecule has 2 aromatic rings. The second-order valence-corrected chi connectivity index (χ2v) is 4.69. The van der Waals surface area contributed by atoms with Gasteiger partial charge >= 0.3 is 5.97 Å². The van der Waals surface area contributed by atoms with Crippen molar-refractivity contribution in [3.63, 3.8) is 0 Å². The van der Waals surface area contributed by atoms with Gasteiger partial charge in [-0.15, -0.1) is 0 Å². The zero-order chi connectivity index (χ0) is 14.7. The van der Waals surface area contributed by atoms with Crippen LogP contribution in [0.15, 0.2) is 24.4 Å². The van der Waals surface area contributed by atoms with Crippen LogP contribution in [-0.2, 0) is 11.3 Å². The predicted octanol–water partition coefficient (Wildman–Crippen LogP) is 2.65. The maximum Gasteiger partial charge on any atom is 0.305 e. The average Bonchev–Trinajstić information content (AvgIpc) is 2.77. The quantitative estimate of drug-likeness (QED) is 0.910. The summed E-state index contributed by atoms with van der Waals surface area (Å²) in [7, 11) is 1.65. The van der Waals surface area contributed by atoms with Crippen LogP contribution in [0, 0.1) is 13.8 Å². The van der Waals surface area contributed by atoms with Gasteiger partial charge in [-0.2, -0.15) is 0 Å². The SMILES string of the molecule is COc1ccc(-c2cn(CCC(=O)O)c(C)n2)cc1C. The lowest BCUT2D eigenvalue weighted by molar-refractivity contribution is -0.137. The molecule has 0 spiro atoms. The fourth-order valence-electron chi connectivity index (χ4n) is 2.13. The highest BCUT2D eigenvalue weighted by atomic mass is 16.5. The van der Waals surface area contributed by atoms with Crippen molar-refractivity contribution in [3.8, 4) is 17.0 Å². The van der Waals surface area contributed by atoms with Crippen LogP contribution in [0.5, 0.6) is 5.75 Å². The van der Waals surface area contributed by atoms with Crippen LogP contribution in [0.3, 0.4) is 0 Å². The molecule has 1 heterocycles. The van der Waals surface area contributed by atoms with E-state index in [0.717, 1.165) is 28.4 Å². The number of benzene rings is 1. The minimum Gasteiger partial charge on any atom is -0.496 e. The standard InChI is InChI=1S/C15H18N2O3/c1-10-8-12(4-5-14(10)20-3)13-9-17(11(2)16-13)7-6-15(18)19/h4-5,8-9H,6-7H2,1-3H3,(H,18,19). The summed E-state index contributed by atoms with van der Waals surface area (Å²) >= 11 is 0. The smallest absolute Gasteiger partial charge is 0.305 e. The molecule has 1 N–H and O–H groups in total. The number of carbonyl (C=O) groups is 1. The van der Waals surface area contributed by atoms with Crippen LogP contribution >= 0.6 is 0 Å². The second kappa shape index (κ2) is 5.77. The Morgan fingerprint density at radius 3 is 2.75 bits per heavy atom. The number of aliphatic carboxylic acids is 1. The van der Waals surface area contributed by atoms with Gasteiger partial charge in [0.2, 0.25) is 0 Å². The van der Waals surface area contributed by atoms with Crippen LogP contribution in [0.2, 0.25) is 0 Å². The molecule has 0 atom stereocenters. The van der Waals surface area contributed by atoms with E-state index in [4.69, 9.17) is 9.84 Å². The summed E-state index contributed by atoms with van der Waals surface area (Å²) in [5.41, 5.74) is 2.89. The fourth-order valence-corrected chi connectivity index (χ4v) is 2.13. The number of carboxylic acids is 1. The molecule has 1 aromatic carbocycles. The largest absolute Gasteiger partial charge is 0.496 e. The molecular formula is C15H18N2O3. The summed E-state index contributed by atoms with van der Waals surface area (Å²) < 4.78 is 7.10. The number of hydrogen-bond donors (Lipinski definition) is 1. The van der Waals surface area contributed by atoms with Gasteiger partial charge in [0.25, 0.3) is 0 Å². The Labute approximate surface area is 117 Å². The van der Waals surface area contributed by atoms with Crippen LogP contribution < -0.4 is 4.74 Å². The lowest BCUT2D eigenvalue weighted by Crippen LogP contribution is -2.04. The van der Waals surface area contributed by atoms with E-state index < -0.39 is 5.97 Å². The highest BCUT2D eigenvalue weighted by molar-refractivity contribution is 5.66. The molecule has 0 radical (unpaired) electrons. The number of rotatable bonds is 5. The minimum absolute atomic E-state index is 0.0955. The number of ether oxygens (including phenoxy) is 1. The molecule has 0 aliphatic heterocycles. The molecule has 106 valence electrons. The Morgan fingerprint density at radius 1 is 1.40 bits per heavy atom. The normalized spacial score (nSPS) is 10.6. The lowest BCUT2D eigenvalue weighted by Gasteiger charge is -2.05. The highest BCUT2D eigenvalue weighted by Crippen LogP contribution is 2.25. The summed E-state index contributed by atoms with van der Waals surface area (Å²) in [6, 6.07) is 5.88. The maximum atomic E-state index is 10.6. The highest BCUT2D eigenvalue weighted by Gasteiger charge is 2.09. The molecule has 0 unspecified atom stereocenters. The van der Waals surface area contributed by atoms with Gasteiger partial charge in [0, 0.05) is 18.3 Å². The molecule has 0 amide bonds. The average molecular weight is 274 g/mol. The molecule has 0 saturated carbocycles. The van der Waals surface area contributed by atoms with E-state index in [1.54, 1.807) is 7.11 Å². The predicted molar refractivity (Wildman–Crippen MR) is 75.9 cm³/mol. The van der Waals surface area contributed by atoms with Crippen molar-refractivity contribution in [2.24, 2.45) is 0 Å². The van der Waals surface area contributed by atoms with E-state index >= 15 is 0 Å². The summed E-state index contributed by atoms with van der Waals surface area (Å²) in [4.78, 5) is 15.1. The summed E-state index contributed by atoms with van der Waals surface area (Å²) in [6.07, 6.45) is 1.98. The second-order valence-electron chi connectivity index (χ2n) is 4.69. The number of aryl methyl sites for hydroxylation is 3. The first-order valence-corrected chi connectivity index (χ1v) is 6.42. The molecule has 0 aliphatic carbocycles. The van der Waals surface area contributed by atoms with Crippen LogP contribution in [0.25, 0.3) is 11.3 Å². The molecule has 0 fully saturated rings. The Morgan fingerprint density at radius 2 is 2.15 bits per heavy atom. The summed E-state index contributed by atoms with van der Waals surface area (Å²) in [6.45, 7) is 4.29. The zero-order valence-electron chi connectivity index (χ0n) is 11.9. The number of hydrogen-bond acceptors (Lipinski definition) is 3. The van der Waals surface area contributed by atoms with Crippen LogP contribution in [0.1, 0.15) is 17.8 Å². The van der Waals surface area contributed by atoms with Gasteiger partial charge in [-0.3, -0.25) is 4.79 Å². The van der Waals surface area contributed by atoms with E-state index in [2.05, 4.69) is 4.98 Å². The number of aromatic nitrogens is 2. The van der Waals surface area contributed by atoms with Crippen molar-refractivity contribution in [2.75, 3.05) is 7.11 Å². The van der Waals surface area contributed by atoms with Gasteiger partial charge in [-0.1, -0.05) is 0 Å². The Kier molecular flexibility index (Phi) is 4.08. The molecule has 0 aliphatic rings. The Hall–Kier alpha value is -2.30. The van der Waals surface area contributed by atoms with Crippen molar-refractivity contribution in [2.45, 2.75) is 26.8 Å². The third-order valence-corrected chi connectivity index (χ3v) is 3.23. The number of carboxylic acid groups (broad SMARTS) is 1. The summed E-state index contributed by atoms with van der Waals surface area (Å²) in [5.74, 6) is 0.852.